The van der Waals surface area contributed by atoms with Gasteiger partial charge in [0.1, 0.15) is 5.75 Å². The van der Waals surface area contributed by atoms with E-state index in [0.717, 1.165) is 25.7 Å². The van der Waals surface area contributed by atoms with Crippen LogP contribution in [0.5, 0.6) is 5.75 Å². The lowest BCUT2D eigenvalue weighted by Crippen LogP contribution is -2.48. The van der Waals surface area contributed by atoms with Crippen molar-refractivity contribution in [2.75, 3.05) is 19.8 Å². The molecule has 0 aliphatic carbocycles. The number of hydrogen-bond acceptors (Lipinski definition) is 7. The average molecular weight is 543 g/mol. The van der Waals surface area contributed by atoms with Crippen LogP contribution in [0.1, 0.15) is 99.9 Å². The van der Waals surface area contributed by atoms with E-state index in [4.69, 9.17) is 18.5 Å². The van der Waals surface area contributed by atoms with Crippen LogP contribution in [-0.4, -0.2) is 42.2 Å². The summed E-state index contributed by atoms with van der Waals surface area (Å²) in [7, 11) is -3.53. The Hall–Kier alpha value is -0.950. The Kier molecular flexibility index (Phi) is 11.7. The van der Waals surface area contributed by atoms with Crippen LogP contribution in [0.3, 0.4) is 0 Å². The van der Waals surface area contributed by atoms with E-state index in [1.807, 2.05) is 6.92 Å². The number of ether oxygens (including phenoxy) is 2. The molecule has 0 spiro atoms. The maximum absolute atomic E-state index is 13.4. The van der Waals surface area contributed by atoms with Gasteiger partial charge in [0.05, 0.1) is 36.3 Å². The Morgan fingerprint density at radius 3 is 2.22 bits per heavy atom. The molecule has 0 bridgehead atoms. The molecule has 0 aromatic heterocycles. The number of phenols is 1. The highest BCUT2D eigenvalue weighted by molar-refractivity contribution is 7.62. The highest BCUT2D eigenvalue weighted by Gasteiger charge is 2.47. The van der Waals surface area contributed by atoms with Crippen molar-refractivity contribution in [3.05, 3.63) is 23.8 Å². The molecule has 1 aromatic carbocycles. The van der Waals surface area contributed by atoms with Crippen molar-refractivity contribution in [2.24, 2.45) is 22.7 Å². The van der Waals surface area contributed by atoms with E-state index in [2.05, 4.69) is 41.5 Å². The third kappa shape index (κ3) is 7.80. The van der Waals surface area contributed by atoms with Crippen molar-refractivity contribution in [1.29, 1.82) is 0 Å². The lowest BCUT2D eigenvalue weighted by Gasteiger charge is -2.50. The van der Waals surface area contributed by atoms with Crippen molar-refractivity contribution < 1.29 is 33.3 Å². The minimum absolute atomic E-state index is 0.0184. The maximum Gasteiger partial charge on any atom is 0.361 e. The van der Waals surface area contributed by atoms with Gasteiger partial charge in [-0.25, -0.2) is 0 Å². The summed E-state index contributed by atoms with van der Waals surface area (Å²) in [6.45, 7) is 19.9. The second-order valence-corrected chi connectivity index (χ2v) is 13.9. The minimum Gasteiger partial charge on any atom is -0.507 e. The van der Waals surface area contributed by atoms with Crippen molar-refractivity contribution in [3.63, 3.8) is 0 Å². The number of rotatable bonds is 14. The van der Waals surface area contributed by atoms with Crippen LogP contribution >= 0.6 is 7.60 Å². The molecule has 5 atom stereocenters. The first kappa shape index (κ1) is 32.3. The summed E-state index contributed by atoms with van der Waals surface area (Å²) in [6, 6.07) is 4.70. The largest absolute Gasteiger partial charge is 0.507 e. The summed E-state index contributed by atoms with van der Waals surface area (Å²) in [6.07, 6.45) is 2.67. The monoisotopic (exact) mass is 542 g/mol. The van der Waals surface area contributed by atoms with Crippen molar-refractivity contribution in [1.82, 2.24) is 0 Å². The summed E-state index contributed by atoms with van der Waals surface area (Å²) in [4.78, 5) is 0. The third-order valence-electron chi connectivity index (χ3n) is 8.70. The molecule has 1 aromatic rings. The molecule has 2 N–H and O–H groups in total. The quantitative estimate of drug-likeness (QED) is 0.245. The third-order valence-corrected chi connectivity index (χ3v) is 10.8. The minimum atomic E-state index is -3.53. The topological polar surface area (TPSA) is 94.5 Å². The van der Waals surface area contributed by atoms with Crippen LogP contribution in [0.4, 0.5) is 0 Å². The number of benzene rings is 1. The first-order valence-electron chi connectivity index (χ1n) is 13.9. The van der Waals surface area contributed by atoms with Crippen LogP contribution in [0.15, 0.2) is 18.2 Å². The fraction of sp³-hybridized carbons (Fsp3) is 0.793. The second kappa shape index (κ2) is 13.4. The van der Waals surface area contributed by atoms with Crippen LogP contribution in [0.25, 0.3) is 0 Å². The van der Waals surface area contributed by atoms with Crippen molar-refractivity contribution >= 4 is 12.9 Å². The Morgan fingerprint density at radius 2 is 1.65 bits per heavy atom. The number of hydrogen-bond donors (Lipinski definition) is 2. The van der Waals surface area contributed by atoms with Gasteiger partial charge in [0.2, 0.25) is 0 Å². The number of aliphatic hydroxyl groups excluding tert-OH is 1. The lowest BCUT2D eigenvalue weighted by molar-refractivity contribution is -0.276. The Balaban J connectivity index is 2.29. The highest BCUT2D eigenvalue weighted by Crippen LogP contribution is 2.52. The molecule has 0 amide bonds. The molecule has 8 heteroatoms. The maximum atomic E-state index is 13.4. The van der Waals surface area contributed by atoms with E-state index >= 15 is 0 Å². The predicted molar refractivity (Wildman–Crippen MR) is 148 cm³/mol. The molecule has 7 nitrogen and oxygen atoms in total. The van der Waals surface area contributed by atoms with Gasteiger partial charge in [-0.1, -0.05) is 41.5 Å². The Morgan fingerprint density at radius 1 is 1.05 bits per heavy atom. The number of phenolic OH excluding ortho intramolecular Hbond substituents is 1. The van der Waals surface area contributed by atoms with Gasteiger partial charge >= 0.3 is 7.60 Å². The first-order chi connectivity index (χ1) is 17.2. The summed E-state index contributed by atoms with van der Waals surface area (Å²) in [5, 5.41) is 20.4. The summed E-state index contributed by atoms with van der Waals surface area (Å²) in [5.41, 5.74) is 0.201. The number of aliphatic hydroxyl groups is 1. The molecule has 214 valence electrons. The van der Waals surface area contributed by atoms with E-state index in [1.165, 1.54) is 6.07 Å². The number of aromatic hydroxyl groups is 1. The van der Waals surface area contributed by atoms with E-state index in [1.54, 1.807) is 26.0 Å². The molecule has 0 radical (unpaired) electrons. The standard InChI is InChI=1S/C29H51O7P/c1-10-33-37(32,34-11-2)23-12-13-25(31)24(19-23)27-35-22(5)18-26(36-27)29(8,9)28(6,7)16-14-20(3)21(4)15-17-30/h12-13,19-22,26-27,30-31H,10-11,14-18H2,1-9H3. The first-order valence-corrected chi connectivity index (χ1v) is 15.4. The van der Waals surface area contributed by atoms with Crippen molar-refractivity contribution in [3.8, 4) is 5.75 Å². The average Bonchev–Trinajstić information content (AvgIpc) is 2.82. The SMILES string of the molecule is CCOP(=O)(OCC)c1ccc(O)c(C2OC(C)CC(C(C)(C)C(C)(C)CCC(C)C(C)CCO)O2)c1. The second-order valence-electron chi connectivity index (χ2n) is 11.8. The van der Waals surface area contributed by atoms with E-state index in [9.17, 15) is 14.8 Å². The fourth-order valence-corrected chi connectivity index (χ4v) is 6.57. The zero-order valence-electron chi connectivity index (χ0n) is 24.5. The van der Waals surface area contributed by atoms with Gasteiger partial charge in [-0.15, -0.1) is 0 Å². The molecule has 2 rings (SSSR count). The van der Waals surface area contributed by atoms with E-state index in [-0.39, 0.29) is 48.6 Å². The summed E-state index contributed by atoms with van der Waals surface area (Å²) < 4.78 is 37.1. The Labute approximate surface area is 224 Å². The van der Waals surface area contributed by atoms with E-state index in [0.29, 0.717) is 22.7 Å². The molecule has 1 fully saturated rings. The zero-order chi connectivity index (χ0) is 28.0. The molecule has 1 heterocycles. The van der Waals surface area contributed by atoms with Gasteiger partial charge in [-0.3, -0.25) is 4.57 Å². The van der Waals surface area contributed by atoms with Gasteiger partial charge in [0.15, 0.2) is 6.29 Å². The Bertz CT molecular complexity index is 890. The molecular weight excluding hydrogens is 491 g/mol. The van der Waals surface area contributed by atoms with Crippen LogP contribution in [0.2, 0.25) is 0 Å². The lowest BCUT2D eigenvalue weighted by atomic mass is 9.61. The van der Waals surface area contributed by atoms with Gasteiger partial charge in [-0.2, -0.15) is 0 Å². The molecular formula is C29H51O7P. The fourth-order valence-electron chi connectivity index (χ4n) is 4.96. The molecule has 5 unspecified atom stereocenters. The molecule has 1 aliphatic heterocycles. The zero-order valence-corrected chi connectivity index (χ0v) is 25.3. The molecule has 37 heavy (non-hydrogen) atoms. The van der Waals surface area contributed by atoms with E-state index < -0.39 is 13.9 Å². The highest BCUT2D eigenvalue weighted by atomic mass is 31.2. The molecule has 1 aliphatic rings. The predicted octanol–water partition coefficient (Wildman–Crippen LogP) is 6.96. The normalized spacial score (nSPS) is 23.1. The van der Waals surface area contributed by atoms with Gasteiger partial charge < -0.3 is 28.7 Å². The molecule has 1 saturated heterocycles. The van der Waals surface area contributed by atoms with Gasteiger partial charge in [0.25, 0.3) is 0 Å². The summed E-state index contributed by atoms with van der Waals surface area (Å²) >= 11 is 0. The molecule has 0 saturated carbocycles. The van der Waals surface area contributed by atoms with Crippen LogP contribution in [-0.2, 0) is 23.1 Å². The van der Waals surface area contributed by atoms with Gasteiger partial charge in [-0.05, 0) is 80.9 Å². The van der Waals surface area contributed by atoms with Gasteiger partial charge in [0, 0.05) is 13.0 Å². The van der Waals surface area contributed by atoms with Crippen LogP contribution < -0.4 is 5.30 Å². The van der Waals surface area contributed by atoms with Crippen molar-refractivity contribution in [2.45, 2.75) is 106 Å². The smallest absolute Gasteiger partial charge is 0.361 e. The summed E-state index contributed by atoms with van der Waals surface area (Å²) in [5.74, 6) is 1.02. The van der Waals surface area contributed by atoms with Crippen LogP contribution in [0, 0.1) is 22.7 Å².